The van der Waals surface area contributed by atoms with Crippen LogP contribution in [0.3, 0.4) is 0 Å². The molecule has 1 atom stereocenters. The van der Waals surface area contributed by atoms with E-state index in [4.69, 9.17) is 0 Å². The molecule has 84 valence electrons. The molecule has 1 nitrogen and oxygen atoms in total. The van der Waals surface area contributed by atoms with Crippen molar-refractivity contribution in [2.45, 2.75) is 45.6 Å². The van der Waals surface area contributed by atoms with Crippen molar-refractivity contribution in [1.82, 2.24) is 5.32 Å². The third-order valence-electron chi connectivity index (χ3n) is 3.41. The molecule has 2 heteroatoms. The molecular weight excluding hydrogens is 202 g/mol. The van der Waals surface area contributed by atoms with Crippen molar-refractivity contribution >= 4 is 11.3 Å². The standard InChI is InChI=1S/C13H21NS/c1-3-4-10-5-6-12-11(8-14-2)9-15-13(12)7-10/h9-10,14H,3-8H2,1-2H3. The first kappa shape index (κ1) is 11.2. The fourth-order valence-electron chi connectivity index (χ4n) is 2.64. The van der Waals surface area contributed by atoms with Crippen LogP contribution in [0.15, 0.2) is 5.38 Å². The molecule has 1 aliphatic rings. The number of thiophene rings is 1. The van der Waals surface area contributed by atoms with Gasteiger partial charge in [-0.2, -0.15) is 0 Å². The van der Waals surface area contributed by atoms with Crippen molar-refractivity contribution < 1.29 is 0 Å². The van der Waals surface area contributed by atoms with Crippen LogP contribution in [0.4, 0.5) is 0 Å². The summed E-state index contributed by atoms with van der Waals surface area (Å²) >= 11 is 1.98. The first-order chi connectivity index (χ1) is 7.35. The smallest absolute Gasteiger partial charge is 0.0213 e. The van der Waals surface area contributed by atoms with Gasteiger partial charge in [-0.05, 0) is 48.7 Å². The molecule has 1 heterocycles. The lowest BCUT2D eigenvalue weighted by atomic mass is 9.85. The largest absolute Gasteiger partial charge is 0.316 e. The van der Waals surface area contributed by atoms with Gasteiger partial charge in [0.05, 0.1) is 0 Å². The maximum absolute atomic E-state index is 3.26. The maximum atomic E-state index is 3.26. The molecule has 0 radical (unpaired) electrons. The van der Waals surface area contributed by atoms with Gasteiger partial charge < -0.3 is 5.32 Å². The van der Waals surface area contributed by atoms with Gasteiger partial charge in [0.1, 0.15) is 0 Å². The van der Waals surface area contributed by atoms with E-state index in [0.717, 1.165) is 12.5 Å². The SMILES string of the molecule is CCCC1CCc2c(CNC)csc2C1. The van der Waals surface area contributed by atoms with Crippen molar-refractivity contribution in [3.8, 4) is 0 Å². The van der Waals surface area contributed by atoms with E-state index >= 15 is 0 Å². The number of nitrogens with one attached hydrogen (secondary N) is 1. The molecule has 1 N–H and O–H groups in total. The van der Waals surface area contributed by atoms with Crippen LogP contribution in [-0.2, 0) is 19.4 Å². The molecule has 0 bridgehead atoms. The Morgan fingerprint density at radius 1 is 1.53 bits per heavy atom. The highest BCUT2D eigenvalue weighted by molar-refractivity contribution is 7.10. The van der Waals surface area contributed by atoms with Crippen LogP contribution < -0.4 is 5.32 Å². The zero-order chi connectivity index (χ0) is 10.7. The lowest BCUT2D eigenvalue weighted by Crippen LogP contribution is -2.14. The molecule has 2 rings (SSSR count). The zero-order valence-electron chi connectivity index (χ0n) is 9.81. The second-order valence-electron chi connectivity index (χ2n) is 4.59. The summed E-state index contributed by atoms with van der Waals surface area (Å²) in [4.78, 5) is 1.67. The Kier molecular flexibility index (Phi) is 3.81. The topological polar surface area (TPSA) is 12.0 Å². The Bertz CT molecular complexity index is 316. The minimum absolute atomic E-state index is 0.962. The first-order valence-corrected chi connectivity index (χ1v) is 6.95. The van der Waals surface area contributed by atoms with E-state index in [1.165, 1.54) is 32.1 Å². The van der Waals surface area contributed by atoms with Crippen LogP contribution >= 0.6 is 11.3 Å². The second kappa shape index (κ2) is 5.13. The number of rotatable bonds is 4. The highest BCUT2D eigenvalue weighted by Crippen LogP contribution is 2.34. The average molecular weight is 223 g/mol. The fraction of sp³-hybridized carbons (Fsp3) is 0.692. The molecule has 1 aromatic rings. The predicted octanol–water partition coefficient (Wildman–Crippen LogP) is 3.37. The van der Waals surface area contributed by atoms with Crippen molar-refractivity contribution in [2.75, 3.05) is 7.05 Å². The molecule has 0 saturated carbocycles. The van der Waals surface area contributed by atoms with Gasteiger partial charge in [-0.15, -0.1) is 11.3 Å². The summed E-state index contributed by atoms with van der Waals surface area (Å²) in [5.41, 5.74) is 3.22. The lowest BCUT2D eigenvalue weighted by Gasteiger charge is -2.22. The highest BCUT2D eigenvalue weighted by atomic mass is 32.1. The van der Waals surface area contributed by atoms with Gasteiger partial charge >= 0.3 is 0 Å². The summed E-state index contributed by atoms with van der Waals surface area (Å²) in [5, 5.41) is 5.62. The van der Waals surface area contributed by atoms with Gasteiger partial charge in [0.2, 0.25) is 0 Å². The van der Waals surface area contributed by atoms with Gasteiger partial charge in [0, 0.05) is 11.4 Å². The molecule has 0 aliphatic heterocycles. The third kappa shape index (κ3) is 2.43. The Balaban J connectivity index is 2.08. The summed E-state index contributed by atoms with van der Waals surface area (Å²) in [5.74, 6) is 0.962. The number of hydrogen-bond donors (Lipinski definition) is 1. The van der Waals surface area contributed by atoms with Crippen molar-refractivity contribution in [3.63, 3.8) is 0 Å². The molecule has 0 amide bonds. The van der Waals surface area contributed by atoms with Crippen LogP contribution in [-0.4, -0.2) is 7.05 Å². The minimum Gasteiger partial charge on any atom is -0.316 e. The van der Waals surface area contributed by atoms with Gasteiger partial charge in [-0.1, -0.05) is 19.8 Å². The lowest BCUT2D eigenvalue weighted by molar-refractivity contribution is 0.426. The Morgan fingerprint density at radius 2 is 2.40 bits per heavy atom. The number of fused-ring (bicyclic) bond motifs is 1. The van der Waals surface area contributed by atoms with Crippen LogP contribution in [0.1, 0.15) is 42.2 Å². The maximum Gasteiger partial charge on any atom is 0.0213 e. The summed E-state index contributed by atoms with van der Waals surface area (Å²) in [6.07, 6.45) is 6.83. The van der Waals surface area contributed by atoms with E-state index < -0.39 is 0 Å². The van der Waals surface area contributed by atoms with E-state index in [9.17, 15) is 0 Å². The predicted molar refractivity (Wildman–Crippen MR) is 67.5 cm³/mol. The molecule has 15 heavy (non-hydrogen) atoms. The summed E-state index contributed by atoms with van der Waals surface area (Å²) < 4.78 is 0. The Morgan fingerprint density at radius 3 is 3.13 bits per heavy atom. The first-order valence-electron chi connectivity index (χ1n) is 6.07. The Labute approximate surface area is 96.9 Å². The van der Waals surface area contributed by atoms with Crippen LogP contribution in [0.25, 0.3) is 0 Å². The molecule has 1 unspecified atom stereocenters. The van der Waals surface area contributed by atoms with E-state index in [0.29, 0.717) is 0 Å². The quantitative estimate of drug-likeness (QED) is 0.825. The highest BCUT2D eigenvalue weighted by Gasteiger charge is 2.21. The monoisotopic (exact) mass is 223 g/mol. The second-order valence-corrected chi connectivity index (χ2v) is 5.55. The minimum atomic E-state index is 0.962. The molecule has 0 spiro atoms. The zero-order valence-corrected chi connectivity index (χ0v) is 10.6. The van der Waals surface area contributed by atoms with Crippen LogP contribution in [0.5, 0.6) is 0 Å². The number of hydrogen-bond acceptors (Lipinski definition) is 2. The van der Waals surface area contributed by atoms with Crippen molar-refractivity contribution in [2.24, 2.45) is 5.92 Å². The molecular formula is C13H21NS. The fourth-order valence-corrected chi connectivity index (χ4v) is 3.86. The van der Waals surface area contributed by atoms with E-state index in [2.05, 4.69) is 17.6 Å². The van der Waals surface area contributed by atoms with E-state index in [1.54, 1.807) is 16.0 Å². The summed E-state index contributed by atoms with van der Waals surface area (Å²) in [6.45, 7) is 3.35. The molecule has 0 fully saturated rings. The molecule has 1 aliphatic carbocycles. The Hall–Kier alpha value is -0.340. The average Bonchev–Trinajstić information content (AvgIpc) is 2.62. The van der Waals surface area contributed by atoms with E-state index in [-0.39, 0.29) is 0 Å². The summed E-state index contributed by atoms with van der Waals surface area (Å²) in [6, 6.07) is 0. The van der Waals surface area contributed by atoms with Gasteiger partial charge in [-0.3, -0.25) is 0 Å². The van der Waals surface area contributed by atoms with Crippen LogP contribution in [0.2, 0.25) is 0 Å². The normalized spacial score (nSPS) is 20.3. The summed E-state index contributed by atoms with van der Waals surface area (Å²) in [7, 11) is 2.03. The van der Waals surface area contributed by atoms with Crippen LogP contribution in [0, 0.1) is 5.92 Å². The third-order valence-corrected chi connectivity index (χ3v) is 4.51. The van der Waals surface area contributed by atoms with Gasteiger partial charge in [0.25, 0.3) is 0 Å². The van der Waals surface area contributed by atoms with Crippen molar-refractivity contribution in [3.05, 3.63) is 21.4 Å². The molecule has 0 aromatic carbocycles. The molecule has 0 saturated heterocycles. The van der Waals surface area contributed by atoms with Crippen molar-refractivity contribution in [1.29, 1.82) is 0 Å². The molecule has 1 aromatic heterocycles. The van der Waals surface area contributed by atoms with E-state index in [1.807, 2.05) is 18.4 Å². The van der Waals surface area contributed by atoms with Gasteiger partial charge in [0.15, 0.2) is 0 Å². The van der Waals surface area contributed by atoms with Gasteiger partial charge in [-0.25, -0.2) is 0 Å².